The Labute approximate surface area is 117 Å². The van der Waals surface area contributed by atoms with E-state index in [0.29, 0.717) is 18.9 Å². The lowest BCUT2D eigenvalue weighted by Gasteiger charge is -2.28. The van der Waals surface area contributed by atoms with Gasteiger partial charge in [0.15, 0.2) is 5.78 Å². The number of Topliss-reactive ketones (excluding diaryl/α,β-unsaturated/α-hetero) is 1. The Morgan fingerprint density at radius 1 is 1.58 bits per heavy atom. The summed E-state index contributed by atoms with van der Waals surface area (Å²) < 4.78 is 11.1. The second-order valence-corrected chi connectivity index (χ2v) is 5.58. The van der Waals surface area contributed by atoms with Gasteiger partial charge in [-0.3, -0.25) is 4.79 Å². The summed E-state index contributed by atoms with van der Waals surface area (Å²) in [6, 6.07) is 0. The van der Waals surface area contributed by atoms with Crippen LogP contribution >= 0.6 is 0 Å². The molecule has 110 valence electrons. The predicted molar refractivity (Wildman–Crippen MR) is 77.2 cm³/mol. The van der Waals surface area contributed by atoms with Gasteiger partial charge in [0.1, 0.15) is 6.10 Å². The summed E-state index contributed by atoms with van der Waals surface area (Å²) in [5.74, 6) is 0.660. The van der Waals surface area contributed by atoms with E-state index in [-0.39, 0.29) is 11.9 Å². The van der Waals surface area contributed by atoms with E-state index >= 15 is 0 Å². The predicted octanol–water partition coefficient (Wildman–Crippen LogP) is 3.52. The summed E-state index contributed by atoms with van der Waals surface area (Å²) in [6.07, 6.45) is 5.48. The molecule has 0 bridgehead atoms. The van der Waals surface area contributed by atoms with Gasteiger partial charge in [-0.2, -0.15) is 0 Å². The minimum atomic E-state index is -0.398. The van der Waals surface area contributed by atoms with Crippen molar-refractivity contribution in [3.8, 4) is 0 Å². The maximum Gasteiger partial charge on any atom is 0.165 e. The lowest BCUT2D eigenvalue weighted by atomic mass is 9.90. The summed E-state index contributed by atoms with van der Waals surface area (Å²) >= 11 is 0. The van der Waals surface area contributed by atoms with Gasteiger partial charge in [-0.15, -0.1) is 0 Å². The number of carbonyl (C=O) groups is 1. The average molecular weight is 268 g/mol. The Kier molecular flexibility index (Phi) is 7.32. The van der Waals surface area contributed by atoms with Crippen LogP contribution in [0.3, 0.4) is 0 Å². The molecule has 1 saturated heterocycles. The third kappa shape index (κ3) is 5.07. The second-order valence-electron chi connectivity index (χ2n) is 5.58. The minimum Gasteiger partial charge on any atom is -0.381 e. The molecule has 0 spiro atoms. The minimum absolute atomic E-state index is 0.136. The highest BCUT2D eigenvalue weighted by Crippen LogP contribution is 2.25. The first-order valence-electron chi connectivity index (χ1n) is 7.44. The van der Waals surface area contributed by atoms with Gasteiger partial charge in [0.2, 0.25) is 0 Å². The van der Waals surface area contributed by atoms with Gasteiger partial charge in [0, 0.05) is 20.1 Å². The highest BCUT2D eigenvalue weighted by molar-refractivity contribution is 5.86. The zero-order chi connectivity index (χ0) is 14.3. The molecule has 0 aromatic rings. The van der Waals surface area contributed by atoms with E-state index < -0.39 is 6.10 Å². The molecule has 1 heterocycles. The average Bonchev–Trinajstić information content (AvgIpc) is 2.42. The zero-order valence-corrected chi connectivity index (χ0v) is 12.6. The molecule has 3 atom stereocenters. The summed E-state index contributed by atoms with van der Waals surface area (Å²) in [4.78, 5) is 11.8. The molecule has 0 aromatic heterocycles. The topological polar surface area (TPSA) is 35.5 Å². The molecule has 0 unspecified atom stereocenters. The largest absolute Gasteiger partial charge is 0.381 e. The Balaban J connectivity index is 2.49. The Morgan fingerprint density at radius 3 is 2.89 bits per heavy atom. The third-order valence-corrected chi connectivity index (χ3v) is 3.93. The lowest BCUT2D eigenvalue weighted by molar-refractivity contribution is -0.133. The summed E-state index contributed by atoms with van der Waals surface area (Å²) in [5.41, 5.74) is 0.875. The molecule has 0 N–H and O–H groups in total. The summed E-state index contributed by atoms with van der Waals surface area (Å²) in [6.45, 7) is 9.12. The second kappa shape index (κ2) is 8.49. The van der Waals surface area contributed by atoms with Gasteiger partial charge in [-0.25, -0.2) is 0 Å². The maximum atomic E-state index is 11.8. The summed E-state index contributed by atoms with van der Waals surface area (Å²) in [7, 11) is 1.74. The first kappa shape index (κ1) is 16.4. The molecular weight excluding hydrogens is 240 g/mol. The molecule has 3 heteroatoms. The van der Waals surface area contributed by atoms with Gasteiger partial charge in [-0.05, 0) is 30.8 Å². The van der Waals surface area contributed by atoms with Crippen LogP contribution in [-0.2, 0) is 14.3 Å². The van der Waals surface area contributed by atoms with Crippen LogP contribution in [0.1, 0.15) is 52.4 Å². The summed E-state index contributed by atoms with van der Waals surface area (Å²) in [5, 5.41) is 0. The molecule has 1 fully saturated rings. The van der Waals surface area contributed by atoms with Crippen molar-refractivity contribution in [2.45, 2.75) is 64.6 Å². The van der Waals surface area contributed by atoms with Crippen molar-refractivity contribution in [2.75, 3.05) is 13.7 Å². The Hall–Kier alpha value is -0.670. The van der Waals surface area contributed by atoms with E-state index in [4.69, 9.17) is 9.47 Å². The van der Waals surface area contributed by atoms with Crippen molar-refractivity contribution in [3.63, 3.8) is 0 Å². The molecule has 0 aromatic carbocycles. The monoisotopic (exact) mass is 268 g/mol. The van der Waals surface area contributed by atoms with Gasteiger partial charge in [0.05, 0.1) is 6.10 Å². The number of rotatable bonds is 8. The smallest absolute Gasteiger partial charge is 0.165 e. The van der Waals surface area contributed by atoms with Crippen molar-refractivity contribution in [2.24, 2.45) is 5.92 Å². The number of ether oxygens (including phenoxy) is 2. The van der Waals surface area contributed by atoms with Crippen LogP contribution in [0.5, 0.6) is 0 Å². The number of ketones is 1. The van der Waals surface area contributed by atoms with Gasteiger partial charge < -0.3 is 9.47 Å². The molecule has 1 aliphatic heterocycles. The first-order valence-corrected chi connectivity index (χ1v) is 7.44. The van der Waals surface area contributed by atoms with E-state index in [0.717, 1.165) is 24.8 Å². The Bertz CT molecular complexity index is 298. The van der Waals surface area contributed by atoms with Crippen LogP contribution in [0.4, 0.5) is 0 Å². The molecule has 0 saturated carbocycles. The quantitative estimate of drug-likeness (QED) is 0.632. The van der Waals surface area contributed by atoms with Crippen LogP contribution in [0, 0.1) is 5.92 Å². The third-order valence-electron chi connectivity index (χ3n) is 3.93. The van der Waals surface area contributed by atoms with Crippen molar-refractivity contribution in [3.05, 3.63) is 12.2 Å². The van der Waals surface area contributed by atoms with Crippen LogP contribution in [-0.4, -0.2) is 31.7 Å². The van der Waals surface area contributed by atoms with E-state index in [1.54, 1.807) is 7.11 Å². The van der Waals surface area contributed by atoms with Crippen LogP contribution in [0.25, 0.3) is 0 Å². The van der Waals surface area contributed by atoms with Crippen molar-refractivity contribution < 1.29 is 14.3 Å². The molecule has 0 aliphatic carbocycles. The molecule has 0 radical (unpaired) electrons. The van der Waals surface area contributed by atoms with Gasteiger partial charge in [0.25, 0.3) is 0 Å². The van der Waals surface area contributed by atoms with Crippen molar-refractivity contribution >= 4 is 5.78 Å². The normalized spacial score (nSPS) is 23.1. The SMILES string of the molecule is C=C(C[C@H](OC)[C@@H](C)CCCC)[C@@H]1OCCCC1=O. The lowest BCUT2D eigenvalue weighted by Crippen LogP contribution is -2.33. The standard InChI is InChI=1S/C16H28O3/c1-5-6-8-12(2)15(18-4)11-13(3)16-14(17)9-7-10-19-16/h12,15-16H,3,5-11H2,1-2,4H3/t12-,15-,16-/m0/s1. The van der Waals surface area contributed by atoms with E-state index in [2.05, 4.69) is 20.4 Å². The van der Waals surface area contributed by atoms with Crippen molar-refractivity contribution in [1.82, 2.24) is 0 Å². The van der Waals surface area contributed by atoms with Crippen LogP contribution in [0.2, 0.25) is 0 Å². The number of methoxy groups -OCH3 is 1. The maximum absolute atomic E-state index is 11.8. The number of carbonyl (C=O) groups excluding carboxylic acids is 1. The highest BCUT2D eigenvalue weighted by Gasteiger charge is 2.28. The molecule has 3 nitrogen and oxygen atoms in total. The highest BCUT2D eigenvalue weighted by atomic mass is 16.5. The van der Waals surface area contributed by atoms with Crippen LogP contribution in [0.15, 0.2) is 12.2 Å². The molecule has 19 heavy (non-hydrogen) atoms. The molecule has 1 aliphatic rings. The van der Waals surface area contributed by atoms with Crippen LogP contribution < -0.4 is 0 Å². The van der Waals surface area contributed by atoms with Gasteiger partial charge in [-0.1, -0.05) is 33.3 Å². The van der Waals surface area contributed by atoms with Crippen molar-refractivity contribution in [1.29, 1.82) is 0 Å². The molecule has 0 amide bonds. The van der Waals surface area contributed by atoms with E-state index in [9.17, 15) is 4.79 Å². The Morgan fingerprint density at radius 2 is 2.32 bits per heavy atom. The fourth-order valence-electron chi connectivity index (χ4n) is 2.61. The van der Waals surface area contributed by atoms with E-state index in [1.807, 2.05) is 0 Å². The fourth-order valence-corrected chi connectivity index (χ4v) is 2.61. The van der Waals surface area contributed by atoms with Gasteiger partial charge >= 0.3 is 0 Å². The number of unbranched alkanes of at least 4 members (excludes halogenated alkanes) is 1. The number of hydrogen-bond acceptors (Lipinski definition) is 3. The first-order chi connectivity index (χ1) is 9.10. The number of hydrogen-bond donors (Lipinski definition) is 0. The van der Waals surface area contributed by atoms with E-state index in [1.165, 1.54) is 12.8 Å². The fraction of sp³-hybridized carbons (Fsp3) is 0.812. The zero-order valence-electron chi connectivity index (χ0n) is 12.6. The molecule has 1 rings (SSSR count). The molecular formula is C16H28O3.